The molecule has 0 aliphatic heterocycles. The molecule has 0 spiro atoms. The third-order valence-corrected chi connectivity index (χ3v) is 2.19. The van der Waals surface area contributed by atoms with Crippen LogP contribution in [0.3, 0.4) is 0 Å². The first-order valence-electron chi connectivity index (χ1n) is 3.90. The Morgan fingerprint density at radius 1 is 0.750 bits per heavy atom. The molecular weight excluding hydrogens is 379 g/mol. The van der Waals surface area contributed by atoms with Gasteiger partial charge in [0.25, 0.3) is 0 Å². The van der Waals surface area contributed by atoms with Crippen LogP contribution in [-0.4, -0.2) is 9.97 Å². The number of aromatic nitrogens is 2. The summed E-state index contributed by atoms with van der Waals surface area (Å²) < 4.78 is 2.05. The van der Waals surface area contributed by atoms with E-state index in [1.165, 1.54) is 0 Å². The average molecular weight is 389 g/mol. The Bertz CT molecular complexity index is 322. The maximum atomic E-state index is 3.84. The topological polar surface area (TPSA) is 25.8 Å². The molecule has 0 fully saturated rings. The fourth-order valence-corrected chi connectivity index (χ4v) is 1.23. The van der Waals surface area contributed by atoms with Gasteiger partial charge in [-0.05, 0) is 56.1 Å². The van der Waals surface area contributed by atoms with Crippen LogP contribution in [0.15, 0.2) is 58.0 Å². The lowest BCUT2D eigenvalue weighted by molar-refractivity contribution is 1.31. The second-order valence-electron chi connectivity index (χ2n) is 2.34. The molecule has 0 saturated heterocycles. The van der Waals surface area contributed by atoms with Crippen LogP contribution in [0, 0.1) is 0 Å². The summed E-state index contributed by atoms with van der Waals surface area (Å²) in [7, 11) is 0. The third kappa shape index (κ3) is 9.09. The minimum atomic E-state index is 0. The zero-order chi connectivity index (χ0) is 10.2. The molecule has 0 atom stereocenters. The quantitative estimate of drug-likeness (QED) is 0.662. The molecule has 16 heavy (non-hydrogen) atoms. The summed E-state index contributed by atoms with van der Waals surface area (Å²) in [6.45, 7) is 0. The monoisotopic (exact) mass is 386 g/mol. The van der Waals surface area contributed by atoms with E-state index in [2.05, 4.69) is 41.8 Å². The first kappa shape index (κ1) is 18.2. The van der Waals surface area contributed by atoms with Gasteiger partial charge in [-0.2, -0.15) is 0 Å². The molecule has 0 unspecified atom stereocenters. The lowest BCUT2D eigenvalue weighted by Gasteiger charge is -1.80. The first-order valence-corrected chi connectivity index (χ1v) is 5.48. The second kappa shape index (κ2) is 11.3. The van der Waals surface area contributed by atoms with Crippen molar-refractivity contribution in [1.82, 2.24) is 9.97 Å². The maximum Gasteiger partial charge on any atom is 0.0410 e. The van der Waals surface area contributed by atoms with E-state index in [-0.39, 0.29) is 24.8 Å². The Kier molecular flexibility index (Phi) is 12.9. The molecule has 0 saturated carbocycles. The molecule has 88 valence electrons. The predicted molar refractivity (Wildman–Crippen MR) is 78.4 cm³/mol. The predicted octanol–water partition coefficient (Wildman–Crippen LogP) is 4.53. The van der Waals surface area contributed by atoms with E-state index >= 15 is 0 Å². The van der Waals surface area contributed by atoms with Gasteiger partial charge in [-0.1, -0.05) is 0 Å². The first-order chi connectivity index (χ1) is 6.79. The highest BCUT2D eigenvalue weighted by Gasteiger charge is 1.76. The normalized spacial score (nSPS) is 7.62. The van der Waals surface area contributed by atoms with Gasteiger partial charge in [0.2, 0.25) is 0 Å². The Hall–Kier alpha value is -0.160. The van der Waals surface area contributed by atoms with Crippen molar-refractivity contribution in [2.75, 3.05) is 0 Å². The highest BCUT2D eigenvalue weighted by atomic mass is 79.9. The number of halogens is 4. The molecule has 0 aliphatic carbocycles. The van der Waals surface area contributed by atoms with Crippen LogP contribution in [0.5, 0.6) is 0 Å². The highest BCUT2D eigenvalue weighted by Crippen LogP contribution is 2.03. The van der Waals surface area contributed by atoms with Crippen LogP contribution in [0.2, 0.25) is 0 Å². The van der Waals surface area contributed by atoms with E-state index in [4.69, 9.17) is 0 Å². The Morgan fingerprint density at radius 3 is 1.25 bits per heavy atom. The fraction of sp³-hybridized carbons (Fsp3) is 0. The molecule has 0 radical (unpaired) electrons. The Labute approximate surface area is 124 Å². The number of hydrogen-bond donors (Lipinski definition) is 0. The number of pyridine rings is 2. The van der Waals surface area contributed by atoms with Crippen molar-refractivity contribution in [3.05, 3.63) is 58.0 Å². The smallest absolute Gasteiger partial charge is 0.0410 e. The van der Waals surface area contributed by atoms with Gasteiger partial charge in [0, 0.05) is 33.7 Å². The summed E-state index contributed by atoms with van der Waals surface area (Å²) in [6.07, 6.45) is 6.98. The molecule has 2 nitrogen and oxygen atoms in total. The molecule has 2 heterocycles. The zero-order valence-electron chi connectivity index (χ0n) is 8.09. The van der Waals surface area contributed by atoms with Crippen LogP contribution in [0.1, 0.15) is 0 Å². The molecule has 6 heteroatoms. The van der Waals surface area contributed by atoms with Crippen LogP contribution in [-0.2, 0) is 0 Å². The van der Waals surface area contributed by atoms with Crippen LogP contribution >= 0.6 is 56.7 Å². The molecule has 0 N–H and O–H groups in total. The van der Waals surface area contributed by atoms with Gasteiger partial charge in [-0.15, -0.1) is 24.8 Å². The summed E-state index contributed by atoms with van der Waals surface area (Å²) in [5.74, 6) is 0. The minimum Gasteiger partial charge on any atom is -0.264 e. The zero-order valence-corrected chi connectivity index (χ0v) is 12.9. The van der Waals surface area contributed by atoms with Gasteiger partial charge < -0.3 is 0 Å². The summed E-state index contributed by atoms with van der Waals surface area (Å²) in [6, 6.07) is 7.63. The van der Waals surface area contributed by atoms with Gasteiger partial charge in [-0.25, -0.2) is 0 Å². The van der Waals surface area contributed by atoms with Crippen molar-refractivity contribution in [3.63, 3.8) is 0 Å². The Morgan fingerprint density at radius 2 is 1.12 bits per heavy atom. The standard InChI is InChI=1S/2C5H4BrN.2ClH/c2*6-5-2-1-3-7-4-5;;/h2*1-4H;2*1H. The van der Waals surface area contributed by atoms with Crippen molar-refractivity contribution >= 4 is 56.7 Å². The maximum absolute atomic E-state index is 3.84. The molecule has 0 aromatic carbocycles. The number of hydrogen-bond acceptors (Lipinski definition) is 2. The van der Waals surface area contributed by atoms with E-state index in [9.17, 15) is 0 Å². The summed E-state index contributed by atoms with van der Waals surface area (Å²) in [5.41, 5.74) is 0. The SMILES string of the molecule is Brc1cccnc1.Brc1cccnc1.Cl.Cl. The molecule has 2 rings (SSSR count). The van der Waals surface area contributed by atoms with Gasteiger partial charge in [0.05, 0.1) is 0 Å². The summed E-state index contributed by atoms with van der Waals surface area (Å²) in [4.78, 5) is 7.67. The van der Waals surface area contributed by atoms with Gasteiger partial charge in [-0.3, -0.25) is 9.97 Å². The molecule has 0 bridgehead atoms. The van der Waals surface area contributed by atoms with Gasteiger partial charge in [0.15, 0.2) is 0 Å². The van der Waals surface area contributed by atoms with E-state index in [0.717, 1.165) is 8.95 Å². The molecule has 2 aromatic rings. The Balaban J connectivity index is 0. The van der Waals surface area contributed by atoms with Crippen LogP contribution in [0.4, 0.5) is 0 Å². The summed E-state index contributed by atoms with van der Waals surface area (Å²) >= 11 is 6.50. The number of nitrogens with zero attached hydrogens (tertiary/aromatic N) is 2. The lowest BCUT2D eigenvalue weighted by Crippen LogP contribution is -1.64. The van der Waals surface area contributed by atoms with Crippen molar-refractivity contribution in [2.45, 2.75) is 0 Å². The van der Waals surface area contributed by atoms with Crippen molar-refractivity contribution in [3.8, 4) is 0 Å². The minimum absolute atomic E-state index is 0. The molecule has 0 amide bonds. The summed E-state index contributed by atoms with van der Waals surface area (Å²) in [5, 5.41) is 0. The van der Waals surface area contributed by atoms with E-state index in [0.29, 0.717) is 0 Å². The largest absolute Gasteiger partial charge is 0.264 e. The molecular formula is C10H10Br2Cl2N2. The second-order valence-corrected chi connectivity index (χ2v) is 4.17. The van der Waals surface area contributed by atoms with E-state index in [1.807, 2.05) is 24.3 Å². The molecule has 0 aliphatic rings. The van der Waals surface area contributed by atoms with Crippen molar-refractivity contribution in [2.24, 2.45) is 0 Å². The average Bonchev–Trinajstić information content (AvgIpc) is 2.21. The third-order valence-electron chi connectivity index (χ3n) is 1.25. The van der Waals surface area contributed by atoms with Gasteiger partial charge in [0.1, 0.15) is 0 Å². The lowest BCUT2D eigenvalue weighted by atomic mass is 10.5. The molecule has 2 aromatic heterocycles. The fourth-order valence-electron chi connectivity index (χ4n) is 0.684. The highest BCUT2D eigenvalue weighted by molar-refractivity contribution is 9.10. The van der Waals surface area contributed by atoms with Crippen LogP contribution < -0.4 is 0 Å². The van der Waals surface area contributed by atoms with Crippen LogP contribution in [0.25, 0.3) is 0 Å². The van der Waals surface area contributed by atoms with E-state index in [1.54, 1.807) is 24.8 Å². The van der Waals surface area contributed by atoms with Gasteiger partial charge >= 0.3 is 0 Å². The van der Waals surface area contributed by atoms with Crippen molar-refractivity contribution < 1.29 is 0 Å². The van der Waals surface area contributed by atoms with Crippen molar-refractivity contribution in [1.29, 1.82) is 0 Å². The van der Waals surface area contributed by atoms with E-state index < -0.39 is 0 Å². The number of rotatable bonds is 0.